The molecule has 1 aliphatic heterocycles. The van der Waals surface area contributed by atoms with Crippen LogP contribution in [0.25, 0.3) is 0 Å². The number of halogens is 6. The van der Waals surface area contributed by atoms with Crippen molar-refractivity contribution in [2.75, 3.05) is 48.4 Å². The van der Waals surface area contributed by atoms with E-state index in [4.69, 9.17) is 4.74 Å². The third-order valence-electron chi connectivity index (χ3n) is 7.69. The van der Waals surface area contributed by atoms with E-state index in [0.29, 0.717) is 44.0 Å². The molecule has 1 heterocycles. The van der Waals surface area contributed by atoms with Gasteiger partial charge in [-0.2, -0.15) is 26.3 Å². The standard InChI is InChI=1S/C34H30F6N4O3/c1-47-30-10-6-5-9-29(30)44-15-13-43(14-16-44)28-12-11-26(20-27(28)32(46)41-21-22-7-3-2-4-8-22)42-31(45)23-17-24(33(35,36)37)19-25(18-23)34(38,39)40/h2-12,17-20H,13-16,21H2,1H3,(H,41,46)(H,42,45). The molecule has 0 radical (unpaired) electrons. The molecule has 1 aliphatic rings. The largest absolute Gasteiger partial charge is 0.495 e. The van der Waals surface area contributed by atoms with E-state index in [9.17, 15) is 35.9 Å². The van der Waals surface area contributed by atoms with Crippen molar-refractivity contribution in [1.29, 1.82) is 0 Å². The quantitative estimate of drug-likeness (QED) is 0.196. The summed E-state index contributed by atoms with van der Waals surface area (Å²) in [7, 11) is 1.60. The van der Waals surface area contributed by atoms with Gasteiger partial charge in [-0.1, -0.05) is 42.5 Å². The van der Waals surface area contributed by atoms with Crippen LogP contribution in [0, 0.1) is 0 Å². The number of carbonyl (C=O) groups excluding carboxylic acids is 2. The Bertz CT molecular complexity index is 1700. The zero-order chi connectivity index (χ0) is 33.8. The normalized spacial score (nSPS) is 13.7. The molecule has 1 fully saturated rings. The van der Waals surface area contributed by atoms with Gasteiger partial charge in [-0.25, -0.2) is 0 Å². The topological polar surface area (TPSA) is 73.9 Å². The Hall–Kier alpha value is -5.20. The number of alkyl halides is 6. The summed E-state index contributed by atoms with van der Waals surface area (Å²) in [5.41, 5.74) is -1.56. The van der Waals surface area contributed by atoms with Crippen LogP contribution in [0.5, 0.6) is 5.75 Å². The van der Waals surface area contributed by atoms with Gasteiger partial charge in [0.15, 0.2) is 0 Å². The zero-order valence-electron chi connectivity index (χ0n) is 25.1. The maximum absolute atomic E-state index is 13.5. The summed E-state index contributed by atoms with van der Waals surface area (Å²) in [4.78, 5) is 30.7. The van der Waals surface area contributed by atoms with E-state index in [1.54, 1.807) is 13.2 Å². The van der Waals surface area contributed by atoms with Crippen LogP contribution < -0.4 is 25.2 Å². The minimum absolute atomic E-state index is 0.0160. The molecule has 4 aromatic carbocycles. The van der Waals surface area contributed by atoms with E-state index in [1.807, 2.05) is 59.5 Å². The molecule has 2 amide bonds. The molecule has 1 saturated heterocycles. The summed E-state index contributed by atoms with van der Waals surface area (Å²) >= 11 is 0. The average molecular weight is 657 g/mol. The smallest absolute Gasteiger partial charge is 0.416 e. The maximum atomic E-state index is 13.5. The van der Waals surface area contributed by atoms with Crippen LogP contribution in [0.1, 0.15) is 37.4 Å². The number of para-hydroxylation sites is 2. The molecular weight excluding hydrogens is 626 g/mol. The minimum atomic E-state index is -5.11. The number of piperazine rings is 1. The number of anilines is 3. The van der Waals surface area contributed by atoms with Gasteiger partial charge < -0.3 is 25.2 Å². The highest BCUT2D eigenvalue weighted by Crippen LogP contribution is 2.37. The highest BCUT2D eigenvalue weighted by atomic mass is 19.4. The number of benzene rings is 4. The number of rotatable bonds is 8. The Morgan fingerprint density at radius 2 is 1.28 bits per heavy atom. The lowest BCUT2D eigenvalue weighted by molar-refractivity contribution is -0.143. The van der Waals surface area contributed by atoms with Gasteiger partial charge >= 0.3 is 12.4 Å². The van der Waals surface area contributed by atoms with Crippen molar-refractivity contribution in [2.24, 2.45) is 0 Å². The van der Waals surface area contributed by atoms with Gasteiger partial charge in [0.05, 0.1) is 29.5 Å². The molecule has 4 aromatic rings. The first-order valence-electron chi connectivity index (χ1n) is 14.5. The van der Waals surface area contributed by atoms with E-state index >= 15 is 0 Å². The van der Waals surface area contributed by atoms with Crippen molar-refractivity contribution in [3.8, 4) is 5.75 Å². The van der Waals surface area contributed by atoms with Crippen LogP contribution in [0.3, 0.4) is 0 Å². The summed E-state index contributed by atoms with van der Waals surface area (Å²) in [5, 5.41) is 5.21. The van der Waals surface area contributed by atoms with E-state index in [0.717, 1.165) is 17.0 Å². The van der Waals surface area contributed by atoms with Gasteiger partial charge in [-0.15, -0.1) is 0 Å². The molecule has 47 heavy (non-hydrogen) atoms. The van der Waals surface area contributed by atoms with Gasteiger partial charge in [0.25, 0.3) is 11.8 Å². The Kier molecular flexibility index (Phi) is 9.64. The van der Waals surface area contributed by atoms with Crippen LogP contribution in [-0.4, -0.2) is 45.1 Å². The highest BCUT2D eigenvalue weighted by Gasteiger charge is 2.37. The summed E-state index contributed by atoms with van der Waals surface area (Å²) in [6, 6.07) is 21.8. The van der Waals surface area contributed by atoms with Crippen molar-refractivity contribution in [3.05, 3.63) is 119 Å². The molecule has 0 saturated carbocycles. The third kappa shape index (κ3) is 7.97. The number of hydrogen-bond acceptors (Lipinski definition) is 5. The van der Waals surface area contributed by atoms with Crippen LogP contribution in [0.4, 0.5) is 43.4 Å². The lowest BCUT2D eigenvalue weighted by Crippen LogP contribution is -2.47. The first-order valence-corrected chi connectivity index (χ1v) is 14.5. The highest BCUT2D eigenvalue weighted by molar-refractivity contribution is 6.06. The summed E-state index contributed by atoms with van der Waals surface area (Å²) < 4.78 is 85.8. The Labute approximate surface area is 266 Å². The van der Waals surface area contributed by atoms with Gasteiger partial charge in [-0.05, 0) is 54.1 Å². The average Bonchev–Trinajstić information content (AvgIpc) is 3.06. The van der Waals surface area contributed by atoms with Gasteiger partial charge in [0, 0.05) is 49.7 Å². The Balaban J connectivity index is 1.42. The first kappa shape index (κ1) is 33.2. The first-order chi connectivity index (χ1) is 22.3. The number of nitrogens with zero attached hydrogens (tertiary/aromatic N) is 2. The molecular formula is C34H30F6N4O3. The molecule has 0 unspecified atom stereocenters. The van der Waals surface area contributed by atoms with Crippen molar-refractivity contribution >= 4 is 28.9 Å². The predicted molar refractivity (Wildman–Crippen MR) is 166 cm³/mol. The molecule has 246 valence electrons. The molecule has 0 aliphatic carbocycles. The molecule has 0 bridgehead atoms. The number of nitrogens with one attached hydrogen (secondary N) is 2. The van der Waals surface area contributed by atoms with Crippen molar-refractivity contribution in [3.63, 3.8) is 0 Å². The zero-order valence-corrected chi connectivity index (χ0v) is 25.1. The molecule has 0 atom stereocenters. The lowest BCUT2D eigenvalue weighted by Gasteiger charge is -2.38. The van der Waals surface area contributed by atoms with Gasteiger partial charge in [-0.3, -0.25) is 9.59 Å². The number of carbonyl (C=O) groups is 2. The number of methoxy groups -OCH3 is 1. The van der Waals surface area contributed by atoms with Crippen molar-refractivity contribution < 1.29 is 40.7 Å². The second kappa shape index (κ2) is 13.7. The predicted octanol–water partition coefficient (Wildman–Crippen LogP) is 7.24. The van der Waals surface area contributed by atoms with Crippen LogP contribution in [-0.2, 0) is 18.9 Å². The maximum Gasteiger partial charge on any atom is 0.416 e. The van der Waals surface area contributed by atoms with Gasteiger partial charge in [0.1, 0.15) is 5.75 Å². The monoisotopic (exact) mass is 656 g/mol. The molecule has 0 spiro atoms. The van der Waals surface area contributed by atoms with Crippen LogP contribution in [0.2, 0.25) is 0 Å². The van der Waals surface area contributed by atoms with Crippen molar-refractivity contribution in [2.45, 2.75) is 18.9 Å². The number of ether oxygens (including phenoxy) is 1. The molecule has 5 rings (SSSR count). The number of amides is 2. The molecule has 13 heteroatoms. The summed E-state index contributed by atoms with van der Waals surface area (Å²) in [6.07, 6.45) is -10.2. The fourth-order valence-electron chi connectivity index (χ4n) is 5.31. The van der Waals surface area contributed by atoms with E-state index < -0.39 is 40.9 Å². The SMILES string of the molecule is COc1ccccc1N1CCN(c2ccc(NC(=O)c3cc(C(F)(F)F)cc(C(F)(F)F)c3)cc2C(=O)NCc2ccccc2)CC1. The Morgan fingerprint density at radius 1 is 0.702 bits per heavy atom. The minimum Gasteiger partial charge on any atom is -0.495 e. The number of hydrogen-bond donors (Lipinski definition) is 2. The van der Waals surface area contributed by atoms with Crippen LogP contribution in [0.15, 0.2) is 91.0 Å². The second-order valence-electron chi connectivity index (χ2n) is 10.8. The van der Waals surface area contributed by atoms with E-state index in [2.05, 4.69) is 15.5 Å². The lowest BCUT2D eigenvalue weighted by atomic mass is 10.0. The fourth-order valence-corrected chi connectivity index (χ4v) is 5.31. The third-order valence-corrected chi connectivity index (χ3v) is 7.69. The summed E-state index contributed by atoms with van der Waals surface area (Å²) in [6.45, 7) is 2.43. The second-order valence-corrected chi connectivity index (χ2v) is 10.8. The Morgan fingerprint density at radius 3 is 1.87 bits per heavy atom. The molecule has 2 N–H and O–H groups in total. The van der Waals surface area contributed by atoms with Crippen molar-refractivity contribution in [1.82, 2.24) is 5.32 Å². The van der Waals surface area contributed by atoms with E-state index in [1.165, 1.54) is 12.1 Å². The van der Waals surface area contributed by atoms with E-state index in [-0.39, 0.29) is 23.9 Å². The summed E-state index contributed by atoms with van der Waals surface area (Å²) in [5.74, 6) is -0.953. The van der Waals surface area contributed by atoms with Gasteiger partial charge in [0.2, 0.25) is 0 Å². The fraction of sp³-hybridized carbons (Fsp3) is 0.235. The molecule has 0 aromatic heterocycles. The van der Waals surface area contributed by atoms with Crippen LogP contribution >= 0.6 is 0 Å². The molecule has 7 nitrogen and oxygen atoms in total.